The molecule has 1 rings (SSSR count). The number of nitrogens with one attached hydrogen (secondary N) is 1. The van der Waals surface area contributed by atoms with Crippen LogP contribution < -0.4 is 5.32 Å². The summed E-state index contributed by atoms with van der Waals surface area (Å²) in [6.45, 7) is 2.57. The summed E-state index contributed by atoms with van der Waals surface area (Å²) in [5.41, 5.74) is 0. The van der Waals surface area contributed by atoms with E-state index in [2.05, 4.69) is 5.32 Å². The minimum atomic E-state index is -5.33. The van der Waals surface area contributed by atoms with Crippen LogP contribution in [-0.2, 0) is 9.13 Å². The summed E-state index contributed by atoms with van der Waals surface area (Å²) in [6.07, 6.45) is -0.679. The van der Waals surface area contributed by atoms with Crippen molar-refractivity contribution in [2.24, 2.45) is 0 Å². The molecule has 0 radical (unpaired) electrons. The lowest BCUT2D eigenvalue weighted by Crippen LogP contribution is -2.45. The molecule has 0 atom stereocenters. The molecule has 11 heteroatoms. The van der Waals surface area contributed by atoms with Gasteiger partial charge in [0.1, 0.15) is 0 Å². The van der Waals surface area contributed by atoms with Crippen LogP contribution in [-0.4, -0.2) is 67.4 Å². The van der Waals surface area contributed by atoms with E-state index in [1.807, 2.05) is 0 Å². The Bertz CT molecular complexity index is 350. The van der Waals surface area contributed by atoms with Crippen molar-refractivity contribution in [3.63, 3.8) is 0 Å². The van der Waals surface area contributed by atoms with Crippen LogP contribution in [0.5, 0.6) is 0 Å². The molecular formula is C7H18N2O7P2. The maximum Gasteiger partial charge on any atom is 0.369 e. The fourth-order valence-electron chi connectivity index (χ4n) is 1.70. The van der Waals surface area contributed by atoms with Crippen LogP contribution in [0.15, 0.2) is 0 Å². The summed E-state index contributed by atoms with van der Waals surface area (Å²) in [5, 5.41) is 9.41. The molecule has 0 bridgehead atoms. The van der Waals surface area contributed by atoms with Gasteiger partial charge in [0.05, 0.1) is 0 Å². The Labute approximate surface area is 104 Å². The lowest BCUT2D eigenvalue weighted by Gasteiger charge is -2.33. The molecule has 0 aliphatic carbocycles. The summed E-state index contributed by atoms with van der Waals surface area (Å²) < 4.78 is 22.2. The van der Waals surface area contributed by atoms with Crippen molar-refractivity contribution >= 4 is 15.2 Å². The Morgan fingerprint density at radius 2 is 1.50 bits per heavy atom. The summed E-state index contributed by atoms with van der Waals surface area (Å²) in [5.74, 6) is 0. The monoisotopic (exact) mass is 304 g/mol. The summed E-state index contributed by atoms with van der Waals surface area (Å²) in [4.78, 5) is 37.5. The number of hydrogen-bond donors (Lipinski definition) is 6. The predicted octanol–water partition coefficient (Wildman–Crippen LogP) is -1.72. The fourth-order valence-corrected chi connectivity index (χ4v) is 3.84. The highest BCUT2D eigenvalue weighted by Gasteiger charge is 2.58. The zero-order valence-electron chi connectivity index (χ0n) is 9.64. The van der Waals surface area contributed by atoms with Crippen LogP contribution >= 0.6 is 15.2 Å². The zero-order valence-corrected chi connectivity index (χ0v) is 11.4. The van der Waals surface area contributed by atoms with Crippen LogP contribution in [0.1, 0.15) is 6.42 Å². The van der Waals surface area contributed by atoms with Gasteiger partial charge in [-0.3, -0.25) is 9.13 Å². The third kappa shape index (κ3) is 3.60. The number of aliphatic hydroxyl groups is 1. The molecule has 0 aromatic carbocycles. The van der Waals surface area contributed by atoms with Crippen molar-refractivity contribution in [1.29, 1.82) is 0 Å². The second-order valence-corrected chi connectivity index (χ2v) is 8.21. The molecule has 1 fully saturated rings. The lowest BCUT2D eigenvalue weighted by molar-refractivity contribution is 0.105. The van der Waals surface area contributed by atoms with Crippen molar-refractivity contribution in [3.05, 3.63) is 0 Å². The first-order chi connectivity index (χ1) is 8.08. The van der Waals surface area contributed by atoms with Crippen LogP contribution in [0.25, 0.3) is 0 Å². The van der Waals surface area contributed by atoms with Gasteiger partial charge >= 0.3 is 15.2 Å². The van der Waals surface area contributed by atoms with Crippen LogP contribution in [0.3, 0.4) is 0 Å². The molecule has 1 aliphatic rings. The van der Waals surface area contributed by atoms with Gasteiger partial charge in [0, 0.05) is 39.1 Å². The third-order valence-corrected chi connectivity index (χ3v) is 6.78. The van der Waals surface area contributed by atoms with Gasteiger partial charge < -0.3 is 34.9 Å². The second kappa shape index (κ2) is 5.66. The first-order valence-corrected chi connectivity index (χ1v) is 8.57. The molecule has 9 nitrogen and oxygen atoms in total. The van der Waals surface area contributed by atoms with Gasteiger partial charge in [0.25, 0.3) is 5.08 Å². The Morgan fingerprint density at radius 1 is 1.06 bits per heavy atom. The van der Waals surface area contributed by atoms with Gasteiger partial charge in [-0.15, -0.1) is 0 Å². The van der Waals surface area contributed by atoms with Gasteiger partial charge in [-0.1, -0.05) is 0 Å². The maximum atomic E-state index is 11.1. The molecule has 0 aromatic heterocycles. The smallest absolute Gasteiger partial charge is 0.367 e. The largest absolute Gasteiger partial charge is 0.369 e. The maximum absolute atomic E-state index is 11.1. The van der Waals surface area contributed by atoms with Gasteiger partial charge in [-0.2, -0.15) is 0 Å². The van der Waals surface area contributed by atoms with E-state index in [9.17, 15) is 14.2 Å². The average Bonchev–Trinajstić information content (AvgIpc) is 2.24. The first kappa shape index (κ1) is 16.2. The standard InChI is InChI=1S/C7H18N2O7P2/c10-7(17(11,12)13,18(14,15)16)1-4-9-5-2-8-3-6-9/h8,10H,1-6H2,(H2,11,12,13)(H2,14,15,16). The van der Waals surface area contributed by atoms with E-state index < -0.39 is 26.7 Å². The molecule has 108 valence electrons. The molecule has 1 aliphatic heterocycles. The van der Waals surface area contributed by atoms with Crippen molar-refractivity contribution in [1.82, 2.24) is 10.2 Å². The minimum Gasteiger partial charge on any atom is -0.367 e. The molecule has 0 aromatic rings. The molecule has 18 heavy (non-hydrogen) atoms. The van der Waals surface area contributed by atoms with E-state index in [4.69, 9.17) is 19.6 Å². The Hall–Kier alpha value is 0.180. The molecule has 0 amide bonds. The van der Waals surface area contributed by atoms with Gasteiger partial charge in [0.15, 0.2) is 0 Å². The van der Waals surface area contributed by atoms with Crippen LogP contribution in [0.4, 0.5) is 0 Å². The summed E-state index contributed by atoms with van der Waals surface area (Å²) in [7, 11) is -10.7. The van der Waals surface area contributed by atoms with Crippen molar-refractivity contribution in [2.45, 2.75) is 11.5 Å². The van der Waals surface area contributed by atoms with E-state index in [1.165, 1.54) is 0 Å². The van der Waals surface area contributed by atoms with Crippen molar-refractivity contribution in [2.75, 3.05) is 32.7 Å². The SMILES string of the molecule is O=P(O)(O)C(O)(CCN1CCNCC1)P(=O)(O)O. The molecule has 0 spiro atoms. The number of rotatable bonds is 5. The quantitative estimate of drug-likeness (QED) is 0.326. The van der Waals surface area contributed by atoms with E-state index in [1.54, 1.807) is 4.90 Å². The summed E-state index contributed by atoms with van der Waals surface area (Å²) in [6, 6.07) is 0. The van der Waals surface area contributed by atoms with Gasteiger partial charge in [0.2, 0.25) is 0 Å². The average molecular weight is 304 g/mol. The van der Waals surface area contributed by atoms with E-state index in [0.29, 0.717) is 26.2 Å². The van der Waals surface area contributed by atoms with Crippen LogP contribution in [0, 0.1) is 0 Å². The lowest BCUT2D eigenvalue weighted by atomic mass is 10.3. The number of piperazine rings is 1. The van der Waals surface area contributed by atoms with Crippen LogP contribution in [0.2, 0.25) is 0 Å². The highest BCUT2D eigenvalue weighted by molar-refractivity contribution is 7.72. The normalized spacial score (nSPS) is 20.1. The highest BCUT2D eigenvalue weighted by Crippen LogP contribution is 2.68. The minimum absolute atomic E-state index is 0.00833. The van der Waals surface area contributed by atoms with Gasteiger partial charge in [-0.25, -0.2) is 0 Å². The number of hydrogen-bond acceptors (Lipinski definition) is 5. The molecule has 0 saturated carbocycles. The molecular weight excluding hydrogens is 286 g/mol. The van der Waals surface area contributed by atoms with Gasteiger partial charge in [-0.05, 0) is 0 Å². The fraction of sp³-hybridized carbons (Fsp3) is 1.00. The number of nitrogens with zero attached hydrogens (tertiary/aromatic N) is 1. The Balaban J connectivity index is 2.74. The summed E-state index contributed by atoms with van der Waals surface area (Å²) >= 11 is 0. The van der Waals surface area contributed by atoms with E-state index in [-0.39, 0.29) is 6.54 Å². The topological polar surface area (TPSA) is 151 Å². The second-order valence-electron chi connectivity index (χ2n) is 4.20. The third-order valence-electron chi connectivity index (χ3n) is 2.91. The predicted molar refractivity (Wildman–Crippen MR) is 63.0 cm³/mol. The Morgan fingerprint density at radius 3 is 1.89 bits per heavy atom. The van der Waals surface area contributed by atoms with E-state index >= 15 is 0 Å². The first-order valence-electron chi connectivity index (χ1n) is 5.35. The molecule has 1 heterocycles. The molecule has 1 saturated heterocycles. The molecule has 0 unspecified atom stereocenters. The van der Waals surface area contributed by atoms with Crippen molar-refractivity contribution in [3.8, 4) is 0 Å². The molecule has 6 N–H and O–H groups in total. The zero-order chi connectivity index (χ0) is 14.0. The van der Waals surface area contributed by atoms with E-state index in [0.717, 1.165) is 0 Å². The Kier molecular flexibility index (Phi) is 5.11. The van der Waals surface area contributed by atoms with Crippen molar-refractivity contribution < 1.29 is 33.8 Å². The highest BCUT2D eigenvalue weighted by atomic mass is 31.2.